The largest absolute Gasteiger partial charge is 0.381 e. The second kappa shape index (κ2) is 12.4. The summed E-state index contributed by atoms with van der Waals surface area (Å²) in [5, 5.41) is 0. The van der Waals surface area contributed by atoms with E-state index in [1.165, 1.54) is 56.9 Å². The summed E-state index contributed by atoms with van der Waals surface area (Å²) in [4.78, 5) is 0. The van der Waals surface area contributed by atoms with Crippen molar-refractivity contribution in [1.82, 2.24) is 0 Å². The molecule has 0 saturated carbocycles. The van der Waals surface area contributed by atoms with Crippen molar-refractivity contribution in [1.29, 1.82) is 0 Å². The van der Waals surface area contributed by atoms with Gasteiger partial charge in [-0.15, -0.1) is 0 Å². The Bertz CT molecular complexity index is 321. The second-order valence-corrected chi connectivity index (χ2v) is 6.38. The number of benzene rings is 1. The van der Waals surface area contributed by atoms with Crippen molar-refractivity contribution in [3.8, 4) is 0 Å². The van der Waals surface area contributed by atoms with Crippen molar-refractivity contribution in [3.05, 3.63) is 34.3 Å². The fourth-order valence-corrected chi connectivity index (χ4v) is 2.55. The molecule has 1 rings (SSSR count). The molecule has 0 fully saturated rings. The Hall–Kier alpha value is -0.340. The Morgan fingerprint density at radius 1 is 0.800 bits per heavy atom. The molecule has 0 saturated heterocycles. The van der Waals surface area contributed by atoms with Crippen LogP contribution >= 0.6 is 15.9 Å². The van der Waals surface area contributed by atoms with E-state index < -0.39 is 0 Å². The van der Waals surface area contributed by atoms with E-state index in [0.717, 1.165) is 24.1 Å². The summed E-state index contributed by atoms with van der Waals surface area (Å²) in [6, 6.07) is 8.50. The third kappa shape index (κ3) is 9.55. The van der Waals surface area contributed by atoms with Gasteiger partial charge in [0.1, 0.15) is 0 Å². The molecule has 0 N–H and O–H groups in total. The summed E-state index contributed by atoms with van der Waals surface area (Å²) in [7, 11) is 0. The SMILES string of the molecule is CCCCCCCCCCOCCc1ccc(Br)cc1. The third-order valence-corrected chi connectivity index (χ3v) is 4.12. The monoisotopic (exact) mass is 340 g/mol. The fourth-order valence-electron chi connectivity index (χ4n) is 2.28. The van der Waals surface area contributed by atoms with Crippen molar-refractivity contribution in [2.75, 3.05) is 13.2 Å². The number of hydrogen-bond donors (Lipinski definition) is 0. The van der Waals surface area contributed by atoms with E-state index in [2.05, 4.69) is 47.1 Å². The molecule has 20 heavy (non-hydrogen) atoms. The normalized spacial score (nSPS) is 10.9. The molecule has 0 atom stereocenters. The van der Waals surface area contributed by atoms with Gasteiger partial charge in [-0.25, -0.2) is 0 Å². The zero-order chi connectivity index (χ0) is 14.5. The van der Waals surface area contributed by atoms with Crippen molar-refractivity contribution in [2.45, 2.75) is 64.7 Å². The van der Waals surface area contributed by atoms with Gasteiger partial charge in [0.05, 0.1) is 6.61 Å². The summed E-state index contributed by atoms with van der Waals surface area (Å²) >= 11 is 3.45. The maximum Gasteiger partial charge on any atom is 0.0506 e. The molecule has 0 radical (unpaired) electrons. The summed E-state index contributed by atoms with van der Waals surface area (Å²) < 4.78 is 6.84. The predicted molar refractivity (Wildman–Crippen MR) is 91.3 cm³/mol. The average Bonchev–Trinajstić information content (AvgIpc) is 2.47. The van der Waals surface area contributed by atoms with E-state index in [1.54, 1.807) is 0 Å². The lowest BCUT2D eigenvalue weighted by molar-refractivity contribution is 0.133. The lowest BCUT2D eigenvalue weighted by atomic mass is 10.1. The van der Waals surface area contributed by atoms with Crippen LogP contribution in [0.4, 0.5) is 0 Å². The quantitative estimate of drug-likeness (QED) is 0.414. The molecule has 0 bridgehead atoms. The maximum absolute atomic E-state index is 5.70. The highest BCUT2D eigenvalue weighted by Gasteiger charge is 1.95. The van der Waals surface area contributed by atoms with E-state index >= 15 is 0 Å². The van der Waals surface area contributed by atoms with Crippen LogP contribution in [0.3, 0.4) is 0 Å². The molecule has 0 aromatic heterocycles. The first-order valence-electron chi connectivity index (χ1n) is 8.15. The Kier molecular flexibility index (Phi) is 11.0. The van der Waals surface area contributed by atoms with E-state index in [1.807, 2.05) is 0 Å². The van der Waals surface area contributed by atoms with Crippen LogP contribution in [-0.4, -0.2) is 13.2 Å². The number of unbranched alkanes of at least 4 members (excludes halogenated alkanes) is 7. The molecule has 114 valence electrons. The van der Waals surface area contributed by atoms with Crippen molar-refractivity contribution >= 4 is 15.9 Å². The molecular formula is C18H29BrO. The molecule has 0 unspecified atom stereocenters. The van der Waals surface area contributed by atoms with Crippen molar-refractivity contribution < 1.29 is 4.74 Å². The van der Waals surface area contributed by atoms with E-state index in [4.69, 9.17) is 4.74 Å². The first-order valence-corrected chi connectivity index (χ1v) is 8.94. The lowest BCUT2D eigenvalue weighted by Crippen LogP contribution is -2.00. The highest BCUT2D eigenvalue weighted by atomic mass is 79.9. The van der Waals surface area contributed by atoms with Crippen LogP contribution < -0.4 is 0 Å². The van der Waals surface area contributed by atoms with Crippen molar-refractivity contribution in [2.24, 2.45) is 0 Å². The molecule has 0 aliphatic heterocycles. The summed E-state index contributed by atoms with van der Waals surface area (Å²) in [5.41, 5.74) is 1.35. The Balaban J connectivity index is 1.84. The number of halogens is 1. The van der Waals surface area contributed by atoms with Crippen LogP contribution in [0.5, 0.6) is 0 Å². The van der Waals surface area contributed by atoms with Crippen LogP contribution in [0, 0.1) is 0 Å². The van der Waals surface area contributed by atoms with Gasteiger partial charge in [-0.1, -0.05) is 79.9 Å². The van der Waals surface area contributed by atoms with Crippen LogP contribution in [0.25, 0.3) is 0 Å². The third-order valence-electron chi connectivity index (χ3n) is 3.59. The molecule has 0 amide bonds. The Labute approximate surface area is 133 Å². The molecule has 1 nitrogen and oxygen atoms in total. The van der Waals surface area contributed by atoms with Gasteiger partial charge in [0.25, 0.3) is 0 Å². The Morgan fingerprint density at radius 2 is 1.40 bits per heavy atom. The van der Waals surface area contributed by atoms with Gasteiger partial charge in [-0.2, -0.15) is 0 Å². The second-order valence-electron chi connectivity index (χ2n) is 5.46. The molecule has 0 aliphatic rings. The van der Waals surface area contributed by atoms with Gasteiger partial charge in [0.2, 0.25) is 0 Å². The zero-order valence-electron chi connectivity index (χ0n) is 12.9. The summed E-state index contributed by atoms with van der Waals surface area (Å²) in [5.74, 6) is 0. The minimum Gasteiger partial charge on any atom is -0.381 e. The number of ether oxygens (including phenoxy) is 1. The van der Waals surface area contributed by atoms with Crippen molar-refractivity contribution in [3.63, 3.8) is 0 Å². The first kappa shape index (κ1) is 17.7. The fraction of sp³-hybridized carbons (Fsp3) is 0.667. The molecular weight excluding hydrogens is 312 g/mol. The Morgan fingerprint density at radius 3 is 2.05 bits per heavy atom. The first-order chi connectivity index (χ1) is 9.83. The molecule has 0 aliphatic carbocycles. The van der Waals surface area contributed by atoms with Gasteiger partial charge in [-0.3, -0.25) is 0 Å². The molecule has 1 aromatic carbocycles. The highest BCUT2D eigenvalue weighted by molar-refractivity contribution is 9.10. The standard InChI is InChI=1S/C18H29BrO/c1-2-3-4-5-6-7-8-9-15-20-16-14-17-10-12-18(19)13-11-17/h10-13H,2-9,14-16H2,1H3. The summed E-state index contributed by atoms with van der Waals surface area (Å²) in [6.45, 7) is 4.04. The van der Waals surface area contributed by atoms with E-state index in [0.29, 0.717) is 0 Å². The minimum absolute atomic E-state index is 0.845. The van der Waals surface area contributed by atoms with Gasteiger partial charge in [0.15, 0.2) is 0 Å². The average molecular weight is 341 g/mol. The topological polar surface area (TPSA) is 9.23 Å². The van der Waals surface area contributed by atoms with Crippen LogP contribution in [0.1, 0.15) is 63.9 Å². The smallest absolute Gasteiger partial charge is 0.0506 e. The van der Waals surface area contributed by atoms with Crippen LogP contribution in [-0.2, 0) is 11.2 Å². The minimum atomic E-state index is 0.845. The van der Waals surface area contributed by atoms with Gasteiger partial charge in [-0.05, 0) is 30.5 Å². The molecule has 2 heteroatoms. The summed E-state index contributed by atoms with van der Waals surface area (Å²) in [6.07, 6.45) is 11.9. The predicted octanol–water partition coefficient (Wildman–Crippen LogP) is 6.15. The van der Waals surface area contributed by atoms with Crippen LogP contribution in [0.15, 0.2) is 28.7 Å². The molecule has 0 spiro atoms. The molecule has 0 heterocycles. The zero-order valence-corrected chi connectivity index (χ0v) is 14.5. The van der Waals surface area contributed by atoms with Gasteiger partial charge in [0, 0.05) is 11.1 Å². The van der Waals surface area contributed by atoms with Gasteiger partial charge < -0.3 is 4.74 Å². The van der Waals surface area contributed by atoms with E-state index in [9.17, 15) is 0 Å². The lowest BCUT2D eigenvalue weighted by Gasteiger charge is -2.05. The van der Waals surface area contributed by atoms with Crippen LogP contribution in [0.2, 0.25) is 0 Å². The molecule has 1 aromatic rings. The number of rotatable bonds is 12. The van der Waals surface area contributed by atoms with Gasteiger partial charge >= 0.3 is 0 Å². The maximum atomic E-state index is 5.70. The van der Waals surface area contributed by atoms with E-state index in [-0.39, 0.29) is 0 Å². The number of hydrogen-bond acceptors (Lipinski definition) is 1. The highest BCUT2D eigenvalue weighted by Crippen LogP contribution is 2.11.